The number of ether oxygens (including phenoxy) is 2. The van der Waals surface area contributed by atoms with Crippen LogP contribution in [0.3, 0.4) is 0 Å². The van der Waals surface area contributed by atoms with Crippen molar-refractivity contribution < 1.29 is 19.5 Å². The third kappa shape index (κ3) is 3.85. The largest absolute Gasteiger partial charge is 0.409 e. The lowest BCUT2D eigenvalue weighted by Gasteiger charge is -2.13. The molecule has 1 aliphatic rings. The quantitative estimate of drug-likeness (QED) is 0.173. The fraction of sp³-hybridized carbons (Fsp3) is 0.818. The van der Waals surface area contributed by atoms with Gasteiger partial charge in [-0.1, -0.05) is 5.16 Å². The van der Waals surface area contributed by atoms with E-state index in [1.165, 1.54) is 0 Å². The topological polar surface area (TPSA) is 106 Å². The molecule has 0 atom stereocenters. The van der Waals surface area contributed by atoms with Crippen molar-refractivity contribution in [2.24, 2.45) is 16.3 Å². The van der Waals surface area contributed by atoms with E-state index in [9.17, 15) is 4.79 Å². The lowest BCUT2D eigenvalue weighted by atomic mass is 10.1. The fourth-order valence-electron chi connectivity index (χ4n) is 1.61. The van der Waals surface area contributed by atoms with Gasteiger partial charge >= 0.3 is 0 Å². The molecule has 4 N–H and O–H groups in total. The molecule has 0 unspecified atom stereocenters. The average Bonchev–Trinajstić information content (AvgIpc) is 3.18. The summed E-state index contributed by atoms with van der Waals surface area (Å²) in [5.41, 5.74) is 4.73. The number of nitrogens with zero attached hydrogens (tertiary/aromatic N) is 1. The molecule has 0 radical (unpaired) electrons. The van der Waals surface area contributed by atoms with Crippen LogP contribution in [0.15, 0.2) is 5.16 Å². The first-order valence-corrected chi connectivity index (χ1v) is 6.00. The molecule has 0 aromatic carbocycles. The van der Waals surface area contributed by atoms with Crippen LogP contribution in [0.25, 0.3) is 0 Å². The van der Waals surface area contributed by atoms with Crippen molar-refractivity contribution in [1.29, 1.82) is 0 Å². The molecule has 1 aliphatic carbocycles. The summed E-state index contributed by atoms with van der Waals surface area (Å²) >= 11 is 0. The van der Waals surface area contributed by atoms with Crippen LogP contribution in [0.4, 0.5) is 0 Å². The van der Waals surface area contributed by atoms with Crippen molar-refractivity contribution in [2.45, 2.75) is 19.3 Å². The van der Waals surface area contributed by atoms with Crippen molar-refractivity contribution in [2.75, 3.05) is 33.5 Å². The Kier molecular flexibility index (Phi) is 5.87. The summed E-state index contributed by atoms with van der Waals surface area (Å²) in [5.74, 6) is -0.175. The fourth-order valence-corrected chi connectivity index (χ4v) is 1.61. The highest BCUT2D eigenvalue weighted by Gasteiger charge is 2.53. The Bertz CT molecular complexity index is 303. The van der Waals surface area contributed by atoms with Gasteiger partial charge in [-0.05, 0) is 19.3 Å². The minimum absolute atomic E-state index is 0.00338. The Morgan fingerprint density at radius 3 is 2.72 bits per heavy atom. The van der Waals surface area contributed by atoms with E-state index in [1.54, 1.807) is 7.11 Å². The van der Waals surface area contributed by atoms with Crippen LogP contribution in [0.5, 0.6) is 0 Å². The molecule has 18 heavy (non-hydrogen) atoms. The van der Waals surface area contributed by atoms with Crippen LogP contribution in [0.1, 0.15) is 19.3 Å². The molecule has 0 bridgehead atoms. The predicted octanol–water partition coefficient (Wildman–Crippen LogP) is -0.318. The summed E-state index contributed by atoms with van der Waals surface area (Å²) in [6, 6.07) is 0. The van der Waals surface area contributed by atoms with Crippen LogP contribution < -0.4 is 11.1 Å². The summed E-state index contributed by atoms with van der Waals surface area (Å²) in [4.78, 5) is 11.8. The zero-order valence-electron chi connectivity index (χ0n) is 10.6. The first-order chi connectivity index (χ1) is 8.67. The number of amides is 1. The summed E-state index contributed by atoms with van der Waals surface area (Å²) in [6.45, 7) is 2.21. The predicted molar refractivity (Wildman–Crippen MR) is 65.4 cm³/mol. The molecule has 0 aromatic heterocycles. The molecule has 1 rings (SSSR count). The Morgan fingerprint density at radius 2 is 2.17 bits per heavy atom. The highest BCUT2D eigenvalue weighted by molar-refractivity contribution is 6.09. The van der Waals surface area contributed by atoms with Crippen LogP contribution in [0.2, 0.25) is 0 Å². The molecule has 0 aliphatic heterocycles. The molecule has 0 spiro atoms. The standard InChI is InChI=1S/C11H21N3O4/c1-17-7-8-18-6-2-5-13-10(15)11(3-4-11)9(12)14-16/h16H,2-8H2,1H3,(H2,12,14)(H,13,15). The molecule has 7 heteroatoms. The minimum Gasteiger partial charge on any atom is -0.409 e. The molecule has 7 nitrogen and oxygen atoms in total. The monoisotopic (exact) mass is 259 g/mol. The number of carbonyl (C=O) groups excluding carboxylic acids is 1. The maximum atomic E-state index is 11.8. The number of carbonyl (C=O) groups is 1. The molecular weight excluding hydrogens is 238 g/mol. The zero-order valence-corrected chi connectivity index (χ0v) is 10.6. The number of rotatable bonds is 9. The van der Waals surface area contributed by atoms with Gasteiger partial charge in [0.2, 0.25) is 5.91 Å². The number of hydrogen-bond donors (Lipinski definition) is 3. The number of nitrogens with two attached hydrogens (primary N) is 1. The lowest BCUT2D eigenvalue weighted by molar-refractivity contribution is -0.124. The van der Waals surface area contributed by atoms with Crippen LogP contribution in [-0.2, 0) is 14.3 Å². The van der Waals surface area contributed by atoms with Gasteiger partial charge in [0.1, 0.15) is 5.41 Å². The van der Waals surface area contributed by atoms with Crippen molar-refractivity contribution in [3.63, 3.8) is 0 Å². The van der Waals surface area contributed by atoms with Gasteiger partial charge in [0.25, 0.3) is 0 Å². The van der Waals surface area contributed by atoms with E-state index in [1.807, 2.05) is 0 Å². The molecule has 104 valence electrons. The number of oxime groups is 1. The smallest absolute Gasteiger partial charge is 0.233 e. The molecule has 0 heterocycles. The zero-order chi connectivity index (χ0) is 13.4. The van der Waals surface area contributed by atoms with E-state index in [4.69, 9.17) is 20.4 Å². The number of hydrogen-bond acceptors (Lipinski definition) is 5. The number of nitrogens with one attached hydrogen (secondary N) is 1. The summed E-state index contributed by atoms with van der Waals surface area (Å²) < 4.78 is 10.1. The third-order valence-corrected chi connectivity index (χ3v) is 2.97. The van der Waals surface area contributed by atoms with E-state index in [0.29, 0.717) is 39.2 Å². The van der Waals surface area contributed by atoms with Crippen LogP contribution in [0, 0.1) is 5.41 Å². The Labute approximate surface area is 106 Å². The summed E-state index contributed by atoms with van der Waals surface area (Å²) in [7, 11) is 1.62. The summed E-state index contributed by atoms with van der Waals surface area (Å²) in [6.07, 6.45) is 2.00. The van der Waals surface area contributed by atoms with Crippen molar-refractivity contribution in [1.82, 2.24) is 5.32 Å². The highest BCUT2D eigenvalue weighted by Crippen LogP contribution is 2.45. The molecular formula is C11H21N3O4. The van der Waals surface area contributed by atoms with E-state index in [0.717, 1.165) is 6.42 Å². The molecule has 1 amide bonds. The Morgan fingerprint density at radius 1 is 1.44 bits per heavy atom. The minimum atomic E-state index is -0.772. The van der Waals surface area contributed by atoms with E-state index < -0.39 is 5.41 Å². The second kappa shape index (κ2) is 7.17. The molecule has 0 aromatic rings. The van der Waals surface area contributed by atoms with Crippen LogP contribution >= 0.6 is 0 Å². The van der Waals surface area contributed by atoms with Gasteiger partial charge in [-0.25, -0.2) is 0 Å². The van der Waals surface area contributed by atoms with E-state index in [2.05, 4.69) is 10.5 Å². The Balaban J connectivity index is 2.11. The number of amidine groups is 1. The van der Waals surface area contributed by atoms with Gasteiger partial charge in [-0.3, -0.25) is 4.79 Å². The van der Waals surface area contributed by atoms with Gasteiger partial charge < -0.3 is 25.7 Å². The average molecular weight is 259 g/mol. The Hall–Kier alpha value is -1.34. The highest BCUT2D eigenvalue weighted by atomic mass is 16.5. The van der Waals surface area contributed by atoms with Gasteiger partial charge in [0, 0.05) is 20.3 Å². The van der Waals surface area contributed by atoms with Crippen molar-refractivity contribution in [3.05, 3.63) is 0 Å². The van der Waals surface area contributed by atoms with Gasteiger partial charge in [-0.2, -0.15) is 0 Å². The maximum absolute atomic E-state index is 11.8. The summed E-state index contributed by atoms with van der Waals surface area (Å²) in [5, 5.41) is 14.3. The second-order valence-corrected chi connectivity index (χ2v) is 4.28. The van der Waals surface area contributed by atoms with Gasteiger partial charge in [-0.15, -0.1) is 0 Å². The number of methoxy groups -OCH3 is 1. The van der Waals surface area contributed by atoms with E-state index >= 15 is 0 Å². The lowest BCUT2D eigenvalue weighted by Crippen LogP contribution is -2.41. The maximum Gasteiger partial charge on any atom is 0.233 e. The molecule has 0 saturated heterocycles. The van der Waals surface area contributed by atoms with Gasteiger partial charge in [0.05, 0.1) is 13.2 Å². The van der Waals surface area contributed by atoms with E-state index in [-0.39, 0.29) is 11.7 Å². The molecule has 1 saturated carbocycles. The SMILES string of the molecule is COCCOCCCNC(=O)C1(C(N)=NO)CC1. The normalized spacial score (nSPS) is 17.5. The van der Waals surface area contributed by atoms with Crippen LogP contribution in [-0.4, -0.2) is 50.4 Å². The first-order valence-electron chi connectivity index (χ1n) is 6.00. The van der Waals surface area contributed by atoms with Crippen molar-refractivity contribution in [3.8, 4) is 0 Å². The first kappa shape index (κ1) is 14.7. The third-order valence-electron chi connectivity index (χ3n) is 2.97. The van der Waals surface area contributed by atoms with Crippen molar-refractivity contribution >= 4 is 11.7 Å². The van der Waals surface area contributed by atoms with Gasteiger partial charge in [0.15, 0.2) is 5.84 Å². The second-order valence-electron chi connectivity index (χ2n) is 4.28. The molecule has 1 fully saturated rings.